The van der Waals surface area contributed by atoms with E-state index in [0.717, 1.165) is 63.9 Å². The van der Waals surface area contributed by atoms with Crippen LogP contribution in [0.2, 0.25) is 0 Å². The van der Waals surface area contributed by atoms with E-state index < -0.39 is 17.2 Å². The second-order valence-corrected chi connectivity index (χ2v) is 12.8. The molecule has 0 radical (unpaired) electrons. The highest BCUT2D eigenvalue weighted by Gasteiger charge is 2.54. The van der Waals surface area contributed by atoms with Gasteiger partial charge in [0.15, 0.2) is 0 Å². The van der Waals surface area contributed by atoms with Crippen LogP contribution >= 0.6 is 12.4 Å². The Morgan fingerprint density at radius 2 is 1.58 bits per heavy atom. The number of likely N-dealkylation sites (tertiary alicyclic amines) is 1. The molecule has 9 nitrogen and oxygen atoms in total. The third-order valence-corrected chi connectivity index (χ3v) is 9.81. The Kier molecular flexibility index (Phi) is 11.9. The van der Waals surface area contributed by atoms with Crippen LogP contribution in [0.25, 0.3) is 0 Å². The second-order valence-electron chi connectivity index (χ2n) is 12.8. The van der Waals surface area contributed by atoms with E-state index in [1.54, 1.807) is 31.3 Å². The van der Waals surface area contributed by atoms with E-state index >= 15 is 0 Å². The number of amides is 3. The Hall–Kier alpha value is -3.14. The van der Waals surface area contributed by atoms with E-state index in [1.807, 2.05) is 17.0 Å². The van der Waals surface area contributed by atoms with Gasteiger partial charge in [0, 0.05) is 45.2 Å². The normalized spacial score (nSPS) is 21.1. The summed E-state index contributed by atoms with van der Waals surface area (Å²) < 4.78 is 5.95. The van der Waals surface area contributed by atoms with Crippen molar-refractivity contribution in [2.75, 3.05) is 33.2 Å². The summed E-state index contributed by atoms with van der Waals surface area (Å²) in [5.41, 5.74) is 0.124. The molecular formula is C35H49ClN4O5. The van der Waals surface area contributed by atoms with E-state index in [-0.39, 0.29) is 30.1 Å². The van der Waals surface area contributed by atoms with Gasteiger partial charge < -0.3 is 30.3 Å². The molecule has 2 aromatic carbocycles. The predicted molar refractivity (Wildman–Crippen MR) is 177 cm³/mol. The average molecular weight is 641 g/mol. The Bertz CT molecular complexity index is 1290. The first-order valence-corrected chi connectivity index (χ1v) is 16.4. The number of aliphatic hydroxyl groups is 1. The van der Waals surface area contributed by atoms with E-state index in [1.165, 1.54) is 5.56 Å². The molecule has 2 aromatic rings. The van der Waals surface area contributed by atoms with Gasteiger partial charge in [0.1, 0.15) is 23.1 Å². The molecule has 2 heterocycles. The van der Waals surface area contributed by atoms with Gasteiger partial charge in [0.05, 0.1) is 5.60 Å². The van der Waals surface area contributed by atoms with Crippen molar-refractivity contribution in [3.63, 3.8) is 0 Å². The second kappa shape index (κ2) is 15.4. The molecule has 1 saturated carbocycles. The van der Waals surface area contributed by atoms with E-state index in [0.29, 0.717) is 50.0 Å². The number of nitrogens with one attached hydrogen (secondary N) is 2. The van der Waals surface area contributed by atoms with Gasteiger partial charge in [-0.15, -0.1) is 12.4 Å². The molecule has 1 aliphatic carbocycles. The molecule has 5 rings (SSSR count). The Morgan fingerprint density at radius 1 is 0.956 bits per heavy atom. The van der Waals surface area contributed by atoms with Crippen LogP contribution in [0.4, 0.5) is 0 Å². The third kappa shape index (κ3) is 8.18. The summed E-state index contributed by atoms with van der Waals surface area (Å²) in [7, 11) is 1.61. The first-order valence-electron chi connectivity index (χ1n) is 16.4. The lowest BCUT2D eigenvalue weighted by Crippen LogP contribution is -2.73. The summed E-state index contributed by atoms with van der Waals surface area (Å²) in [6.45, 7) is 5.08. The highest BCUT2D eigenvalue weighted by molar-refractivity contribution is 6.00. The minimum atomic E-state index is -0.861. The quantitative estimate of drug-likeness (QED) is 0.324. The molecule has 3 N–H and O–H groups in total. The number of nitrogens with zero attached hydrogens (tertiary/aromatic N) is 2. The fourth-order valence-electron chi connectivity index (χ4n) is 7.06. The van der Waals surface area contributed by atoms with Gasteiger partial charge in [-0.1, -0.05) is 44.7 Å². The van der Waals surface area contributed by atoms with Crippen LogP contribution in [0.15, 0.2) is 48.5 Å². The van der Waals surface area contributed by atoms with E-state index in [2.05, 4.69) is 34.6 Å². The zero-order chi connectivity index (χ0) is 31.2. The third-order valence-electron chi connectivity index (χ3n) is 9.81. The highest BCUT2D eigenvalue weighted by atomic mass is 35.5. The Balaban J connectivity index is 0.00000461. The minimum Gasteiger partial charge on any atom is -0.457 e. The van der Waals surface area contributed by atoms with Crippen LogP contribution in [-0.4, -0.2) is 83.0 Å². The Labute approximate surface area is 273 Å². The molecule has 246 valence electrons. The molecule has 0 aromatic heterocycles. The Morgan fingerprint density at radius 3 is 2.18 bits per heavy atom. The average Bonchev–Trinajstić information content (AvgIpc) is 3.04. The largest absolute Gasteiger partial charge is 0.457 e. The molecule has 1 atom stereocenters. The smallest absolute Gasteiger partial charge is 0.251 e. The van der Waals surface area contributed by atoms with Crippen molar-refractivity contribution >= 4 is 30.1 Å². The molecule has 3 fully saturated rings. The molecule has 2 saturated heterocycles. The van der Waals surface area contributed by atoms with Crippen LogP contribution < -0.4 is 15.4 Å². The number of rotatable bonds is 11. The number of hydrogen-bond acceptors (Lipinski definition) is 6. The SMILES string of the molecule is CCCCN1C(=O)[C@@H](CC2(O)CCCCC2)NC(=O)C12CCN(CCc1ccc(Oc3ccc(C(=O)NC)cc3)cc1)CC2.Cl. The summed E-state index contributed by atoms with van der Waals surface area (Å²) in [6, 6.07) is 14.5. The van der Waals surface area contributed by atoms with Crippen molar-refractivity contribution in [3.05, 3.63) is 59.7 Å². The van der Waals surface area contributed by atoms with Crippen molar-refractivity contribution in [2.24, 2.45) is 0 Å². The lowest BCUT2D eigenvalue weighted by molar-refractivity contribution is -0.163. The van der Waals surface area contributed by atoms with E-state index in [4.69, 9.17) is 4.74 Å². The van der Waals surface area contributed by atoms with Crippen LogP contribution in [0.5, 0.6) is 11.5 Å². The topological polar surface area (TPSA) is 111 Å². The predicted octanol–water partition coefficient (Wildman–Crippen LogP) is 4.85. The lowest BCUT2D eigenvalue weighted by Gasteiger charge is -2.52. The number of carbonyl (C=O) groups is 3. The van der Waals surface area contributed by atoms with Crippen LogP contribution in [-0.2, 0) is 16.0 Å². The molecule has 45 heavy (non-hydrogen) atoms. The molecule has 3 aliphatic rings. The standard InChI is InChI=1S/C35H48N4O5.ClH/c1-3-4-21-39-32(41)30(25-34(43)17-6-5-7-18-34)37-33(42)35(39)19-23-38(24-20-35)22-16-26-8-12-28(13-9-26)44-29-14-10-27(11-15-29)31(40)36-2;/h8-15,30,43H,3-7,16-25H2,1-2H3,(H,36,40)(H,37,42);1H/t30-;/m1./s1. The fraction of sp³-hybridized carbons (Fsp3) is 0.571. The summed E-state index contributed by atoms with van der Waals surface area (Å²) in [6.07, 6.45) is 8.71. The van der Waals surface area contributed by atoms with Gasteiger partial charge in [-0.3, -0.25) is 14.4 Å². The van der Waals surface area contributed by atoms with Gasteiger partial charge in [-0.2, -0.15) is 0 Å². The van der Waals surface area contributed by atoms with Crippen molar-refractivity contribution in [1.29, 1.82) is 0 Å². The van der Waals surface area contributed by atoms with Gasteiger partial charge in [0.25, 0.3) is 5.91 Å². The monoisotopic (exact) mass is 640 g/mol. The number of piperazine rings is 1. The molecule has 10 heteroatoms. The molecule has 0 bridgehead atoms. The molecule has 3 amide bonds. The lowest BCUT2D eigenvalue weighted by atomic mass is 9.77. The number of hydrogen-bond donors (Lipinski definition) is 3. The van der Waals surface area contributed by atoms with Gasteiger partial charge in [-0.25, -0.2) is 0 Å². The maximum absolute atomic E-state index is 13.8. The number of unbranched alkanes of at least 4 members (excludes halogenated alkanes) is 1. The van der Waals surface area contributed by atoms with Crippen molar-refractivity contribution in [3.8, 4) is 11.5 Å². The zero-order valence-corrected chi connectivity index (χ0v) is 27.5. The summed E-state index contributed by atoms with van der Waals surface area (Å²) in [5.74, 6) is 1.21. The van der Waals surface area contributed by atoms with Crippen LogP contribution in [0, 0.1) is 0 Å². The van der Waals surface area contributed by atoms with E-state index in [9.17, 15) is 19.5 Å². The maximum Gasteiger partial charge on any atom is 0.251 e. The number of ether oxygens (including phenoxy) is 1. The zero-order valence-electron chi connectivity index (χ0n) is 26.7. The number of piperidine rings is 1. The van der Waals surface area contributed by atoms with Crippen molar-refractivity contribution in [2.45, 2.75) is 94.7 Å². The summed E-state index contributed by atoms with van der Waals surface area (Å²) in [4.78, 5) is 43.5. The first kappa shape index (κ1) is 34.7. The number of carbonyl (C=O) groups excluding carboxylic acids is 3. The molecular weight excluding hydrogens is 592 g/mol. The molecule has 0 unspecified atom stereocenters. The van der Waals surface area contributed by atoms with Crippen LogP contribution in [0.3, 0.4) is 0 Å². The van der Waals surface area contributed by atoms with Crippen molar-refractivity contribution in [1.82, 2.24) is 20.4 Å². The summed E-state index contributed by atoms with van der Waals surface area (Å²) in [5, 5.41) is 16.8. The number of benzene rings is 2. The first-order chi connectivity index (χ1) is 21.2. The molecule has 1 spiro atoms. The highest BCUT2D eigenvalue weighted by Crippen LogP contribution is 2.37. The minimum absolute atomic E-state index is 0. The summed E-state index contributed by atoms with van der Waals surface area (Å²) >= 11 is 0. The van der Waals surface area contributed by atoms with Gasteiger partial charge >= 0.3 is 0 Å². The van der Waals surface area contributed by atoms with Gasteiger partial charge in [0.2, 0.25) is 11.8 Å². The molecule has 2 aliphatic heterocycles. The van der Waals surface area contributed by atoms with Gasteiger partial charge in [-0.05, 0) is 80.5 Å². The fourth-order valence-corrected chi connectivity index (χ4v) is 7.06. The van der Waals surface area contributed by atoms with Crippen LogP contribution in [0.1, 0.15) is 87.1 Å². The number of halogens is 1. The maximum atomic E-state index is 13.8. The van der Waals surface area contributed by atoms with Crippen molar-refractivity contribution < 1.29 is 24.2 Å².